The normalized spacial score (nSPS) is 10.3. The predicted molar refractivity (Wildman–Crippen MR) is 82.5 cm³/mol. The molecule has 0 heterocycles. The fourth-order valence-corrected chi connectivity index (χ4v) is 2.20. The summed E-state index contributed by atoms with van der Waals surface area (Å²) in [5, 5.41) is 11.2. The van der Waals surface area contributed by atoms with Crippen LogP contribution in [0, 0.1) is 10.1 Å². The zero-order chi connectivity index (χ0) is 15.1. The molecular formula is C15H14BrNO4. The summed E-state index contributed by atoms with van der Waals surface area (Å²) in [5.74, 6) is 0.575. The molecule has 0 atom stereocenters. The maximum Gasteiger partial charge on any atom is 0.270 e. The van der Waals surface area contributed by atoms with Gasteiger partial charge in [0.1, 0.15) is 5.75 Å². The lowest BCUT2D eigenvalue weighted by Gasteiger charge is -2.10. The number of alkyl halides is 1. The van der Waals surface area contributed by atoms with Crippen LogP contribution in [-0.2, 0) is 16.7 Å². The number of hydrogen-bond acceptors (Lipinski definition) is 4. The minimum atomic E-state index is -0.429. The van der Waals surface area contributed by atoms with E-state index in [0.717, 1.165) is 5.56 Å². The molecule has 0 aliphatic heterocycles. The highest BCUT2D eigenvalue weighted by atomic mass is 79.9. The monoisotopic (exact) mass is 351 g/mol. The van der Waals surface area contributed by atoms with E-state index in [1.807, 2.05) is 30.3 Å². The van der Waals surface area contributed by atoms with Gasteiger partial charge in [0.05, 0.1) is 11.5 Å². The van der Waals surface area contributed by atoms with Crippen LogP contribution < -0.4 is 4.74 Å². The van der Waals surface area contributed by atoms with Crippen LogP contribution in [0.1, 0.15) is 11.1 Å². The number of nitro benzene ring substituents is 1. The van der Waals surface area contributed by atoms with Gasteiger partial charge in [0, 0.05) is 23.0 Å². The van der Waals surface area contributed by atoms with Crippen molar-refractivity contribution < 1.29 is 14.4 Å². The molecule has 6 heteroatoms. The van der Waals surface area contributed by atoms with Crippen LogP contribution >= 0.6 is 15.9 Å². The van der Waals surface area contributed by atoms with Crippen LogP contribution in [0.3, 0.4) is 0 Å². The summed E-state index contributed by atoms with van der Waals surface area (Å²) in [5.41, 5.74) is 1.82. The van der Waals surface area contributed by atoms with E-state index in [-0.39, 0.29) is 12.5 Å². The molecule has 0 bridgehead atoms. The van der Waals surface area contributed by atoms with Crippen molar-refractivity contribution in [2.75, 3.05) is 6.79 Å². The Balaban J connectivity index is 1.89. The Morgan fingerprint density at radius 2 is 1.90 bits per heavy atom. The summed E-state index contributed by atoms with van der Waals surface area (Å²) in [6.07, 6.45) is 0. The number of rotatable bonds is 7. The summed E-state index contributed by atoms with van der Waals surface area (Å²) in [6, 6.07) is 14.3. The Morgan fingerprint density at radius 1 is 1.14 bits per heavy atom. The van der Waals surface area contributed by atoms with Crippen molar-refractivity contribution >= 4 is 21.6 Å². The topological polar surface area (TPSA) is 61.6 Å². The first-order chi connectivity index (χ1) is 10.2. The average molecular weight is 352 g/mol. The van der Waals surface area contributed by atoms with Gasteiger partial charge in [-0.2, -0.15) is 0 Å². The van der Waals surface area contributed by atoms with Gasteiger partial charge < -0.3 is 9.47 Å². The number of nitrogens with zero attached hydrogens (tertiary/aromatic N) is 1. The van der Waals surface area contributed by atoms with Gasteiger partial charge in [-0.25, -0.2) is 0 Å². The summed E-state index contributed by atoms with van der Waals surface area (Å²) in [4.78, 5) is 10.3. The van der Waals surface area contributed by atoms with Gasteiger partial charge in [0.15, 0.2) is 6.79 Å². The molecule has 0 saturated carbocycles. The van der Waals surface area contributed by atoms with E-state index in [0.29, 0.717) is 23.2 Å². The SMILES string of the molecule is O=[N+]([O-])c1ccc(OCOCc2ccccc2)c(CBr)c1. The second kappa shape index (κ2) is 7.75. The lowest BCUT2D eigenvalue weighted by atomic mass is 10.2. The Hall–Kier alpha value is -1.92. The molecule has 5 nitrogen and oxygen atoms in total. The van der Waals surface area contributed by atoms with Crippen LogP contribution in [-0.4, -0.2) is 11.7 Å². The number of non-ortho nitro benzene ring substituents is 1. The lowest BCUT2D eigenvalue weighted by Crippen LogP contribution is -2.04. The maximum atomic E-state index is 10.7. The van der Waals surface area contributed by atoms with Crippen molar-refractivity contribution in [1.82, 2.24) is 0 Å². The molecule has 0 aliphatic carbocycles. The minimum Gasteiger partial charge on any atom is -0.467 e. The van der Waals surface area contributed by atoms with Crippen molar-refractivity contribution in [1.29, 1.82) is 0 Å². The standard InChI is InChI=1S/C15H14BrNO4/c16-9-13-8-14(17(18)19)6-7-15(13)21-11-20-10-12-4-2-1-3-5-12/h1-8H,9-11H2. The number of nitro groups is 1. The maximum absolute atomic E-state index is 10.7. The first-order valence-corrected chi connectivity index (χ1v) is 7.40. The smallest absolute Gasteiger partial charge is 0.270 e. The highest BCUT2D eigenvalue weighted by Crippen LogP contribution is 2.26. The molecule has 0 spiro atoms. The van der Waals surface area contributed by atoms with Gasteiger partial charge in [-0.3, -0.25) is 10.1 Å². The molecule has 0 fully saturated rings. The third-order valence-electron chi connectivity index (χ3n) is 2.81. The molecule has 0 unspecified atom stereocenters. The van der Waals surface area contributed by atoms with E-state index < -0.39 is 4.92 Å². The summed E-state index contributed by atoms with van der Waals surface area (Å²) in [7, 11) is 0. The second-order valence-electron chi connectivity index (χ2n) is 4.28. The number of halogens is 1. The first kappa shape index (κ1) is 15.5. The number of hydrogen-bond donors (Lipinski definition) is 0. The molecule has 21 heavy (non-hydrogen) atoms. The van der Waals surface area contributed by atoms with Crippen molar-refractivity contribution in [3.8, 4) is 5.75 Å². The summed E-state index contributed by atoms with van der Waals surface area (Å²) in [6.45, 7) is 0.546. The van der Waals surface area contributed by atoms with Crippen molar-refractivity contribution in [3.05, 3.63) is 69.8 Å². The quantitative estimate of drug-likeness (QED) is 0.248. The molecule has 0 aliphatic rings. The Bertz CT molecular complexity index is 604. The van der Waals surface area contributed by atoms with Crippen LogP contribution in [0.5, 0.6) is 5.75 Å². The molecular weight excluding hydrogens is 338 g/mol. The molecule has 2 aromatic carbocycles. The molecule has 110 valence electrons. The first-order valence-electron chi connectivity index (χ1n) is 6.28. The van der Waals surface area contributed by atoms with Crippen LogP contribution in [0.2, 0.25) is 0 Å². The highest BCUT2D eigenvalue weighted by Gasteiger charge is 2.10. The van der Waals surface area contributed by atoms with E-state index >= 15 is 0 Å². The Morgan fingerprint density at radius 3 is 2.57 bits per heavy atom. The van der Waals surface area contributed by atoms with Crippen LogP contribution in [0.4, 0.5) is 5.69 Å². The number of ether oxygens (including phenoxy) is 2. The van der Waals surface area contributed by atoms with E-state index in [4.69, 9.17) is 9.47 Å². The molecule has 2 aromatic rings. The van der Waals surface area contributed by atoms with Crippen LogP contribution in [0.25, 0.3) is 0 Å². The van der Waals surface area contributed by atoms with Crippen LogP contribution in [0.15, 0.2) is 48.5 Å². The zero-order valence-electron chi connectivity index (χ0n) is 11.2. The minimum absolute atomic E-state index is 0.0435. The van der Waals surface area contributed by atoms with E-state index in [2.05, 4.69) is 15.9 Å². The van der Waals surface area contributed by atoms with Gasteiger partial charge in [0.2, 0.25) is 0 Å². The highest BCUT2D eigenvalue weighted by molar-refractivity contribution is 9.08. The molecule has 0 saturated heterocycles. The van der Waals surface area contributed by atoms with Gasteiger partial charge in [-0.15, -0.1) is 0 Å². The molecule has 0 aromatic heterocycles. The second-order valence-corrected chi connectivity index (χ2v) is 4.84. The summed E-state index contributed by atoms with van der Waals surface area (Å²) >= 11 is 3.29. The van der Waals surface area contributed by atoms with E-state index in [9.17, 15) is 10.1 Å². The van der Waals surface area contributed by atoms with Crippen molar-refractivity contribution in [2.24, 2.45) is 0 Å². The summed E-state index contributed by atoms with van der Waals surface area (Å²) < 4.78 is 10.9. The molecule has 0 N–H and O–H groups in total. The van der Waals surface area contributed by atoms with Gasteiger partial charge in [-0.1, -0.05) is 46.3 Å². The van der Waals surface area contributed by atoms with E-state index in [1.54, 1.807) is 6.07 Å². The fourth-order valence-electron chi connectivity index (χ4n) is 1.76. The third-order valence-corrected chi connectivity index (χ3v) is 3.41. The number of benzene rings is 2. The average Bonchev–Trinajstić information content (AvgIpc) is 2.52. The van der Waals surface area contributed by atoms with Crippen molar-refractivity contribution in [3.63, 3.8) is 0 Å². The largest absolute Gasteiger partial charge is 0.467 e. The van der Waals surface area contributed by atoms with Gasteiger partial charge >= 0.3 is 0 Å². The Labute approximate surface area is 130 Å². The fraction of sp³-hybridized carbons (Fsp3) is 0.200. The third kappa shape index (κ3) is 4.54. The molecule has 2 rings (SSSR count). The van der Waals surface area contributed by atoms with Crippen molar-refractivity contribution in [2.45, 2.75) is 11.9 Å². The zero-order valence-corrected chi connectivity index (χ0v) is 12.8. The molecule has 0 radical (unpaired) electrons. The van der Waals surface area contributed by atoms with Gasteiger partial charge in [0.25, 0.3) is 5.69 Å². The predicted octanol–water partition coefficient (Wildman–Crippen LogP) is 4.04. The Kier molecular flexibility index (Phi) is 5.71. The molecule has 0 amide bonds. The van der Waals surface area contributed by atoms with E-state index in [1.165, 1.54) is 12.1 Å². The van der Waals surface area contributed by atoms with Gasteiger partial charge in [-0.05, 0) is 11.6 Å². The lowest BCUT2D eigenvalue weighted by molar-refractivity contribution is -0.384.